The van der Waals surface area contributed by atoms with E-state index in [-0.39, 0.29) is 5.91 Å². The zero-order chi connectivity index (χ0) is 15.2. The van der Waals surface area contributed by atoms with Crippen LogP contribution in [0.15, 0.2) is 24.3 Å². The minimum Gasteiger partial charge on any atom is -0.481 e. The molecule has 21 heavy (non-hydrogen) atoms. The standard InChI is InChI=1S/C18H27NO2/c1-4-15-10-12-17(13-11-15)21-14(2)18(20)19(3)16-8-6-5-7-9-16/h10-14,16H,4-9H2,1-3H3. The molecule has 0 aliphatic heterocycles. The van der Waals surface area contributed by atoms with Gasteiger partial charge in [-0.15, -0.1) is 0 Å². The maximum Gasteiger partial charge on any atom is 0.263 e. The molecule has 0 spiro atoms. The van der Waals surface area contributed by atoms with E-state index < -0.39 is 6.10 Å². The summed E-state index contributed by atoms with van der Waals surface area (Å²) in [7, 11) is 1.92. The fourth-order valence-corrected chi connectivity index (χ4v) is 2.99. The molecule has 1 fully saturated rings. The zero-order valence-corrected chi connectivity index (χ0v) is 13.5. The van der Waals surface area contributed by atoms with Gasteiger partial charge in [-0.1, -0.05) is 38.3 Å². The van der Waals surface area contributed by atoms with Crippen molar-refractivity contribution in [3.05, 3.63) is 29.8 Å². The van der Waals surface area contributed by atoms with Crippen LogP contribution < -0.4 is 4.74 Å². The fraction of sp³-hybridized carbons (Fsp3) is 0.611. The van der Waals surface area contributed by atoms with Crippen LogP contribution >= 0.6 is 0 Å². The van der Waals surface area contributed by atoms with Gasteiger partial charge in [0.1, 0.15) is 5.75 Å². The number of ether oxygens (including phenoxy) is 1. The molecule has 1 aromatic rings. The molecule has 1 aliphatic rings. The Labute approximate surface area is 128 Å². The van der Waals surface area contributed by atoms with Crippen molar-refractivity contribution >= 4 is 5.91 Å². The third kappa shape index (κ3) is 4.23. The van der Waals surface area contributed by atoms with Crippen LogP contribution in [-0.4, -0.2) is 30.0 Å². The molecule has 1 aromatic carbocycles. The van der Waals surface area contributed by atoms with Gasteiger partial charge in [-0.3, -0.25) is 4.79 Å². The van der Waals surface area contributed by atoms with Crippen molar-refractivity contribution in [1.82, 2.24) is 4.90 Å². The highest BCUT2D eigenvalue weighted by Gasteiger charge is 2.26. The van der Waals surface area contributed by atoms with Crippen LogP contribution in [0.4, 0.5) is 0 Å². The number of hydrogen-bond donors (Lipinski definition) is 0. The highest BCUT2D eigenvalue weighted by Crippen LogP contribution is 2.23. The lowest BCUT2D eigenvalue weighted by Gasteiger charge is -2.32. The first-order valence-corrected chi connectivity index (χ1v) is 8.14. The van der Waals surface area contributed by atoms with Gasteiger partial charge in [0.15, 0.2) is 6.10 Å². The first kappa shape index (κ1) is 15.9. The molecule has 116 valence electrons. The summed E-state index contributed by atoms with van der Waals surface area (Å²) in [5.41, 5.74) is 1.28. The Hall–Kier alpha value is -1.51. The lowest BCUT2D eigenvalue weighted by Crippen LogP contribution is -2.44. The van der Waals surface area contributed by atoms with Crippen LogP contribution in [0.1, 0.15) is 51.5 Å². The van der Waals surface area contributed by atoms with E-state index in [0.29, 0.717) is 6.04 Å². The Morgan fingerprint density at radius 1 is 1.24 bits per heavy atom. The topological polar surface area (TPSA) is 29.5 Å². The van der Waals surface area contributed by atoms with E-state index >= 15 is 0 Å². The van der Waals surface area contributed by atoms with E-state index in [1.807, 2.05) is 31.0 Å². The molecule has 0 heterocycles. The largest absolute Gasteiger partial charge is 0.481 e. The molecule has 2 rings (SSSR count). The molecule has 1 amide bonds. The third-order valence-electron chi connectivity index (χ3n) is 4.46. The van der Waals surface area contributed by atoms with E-state index in [1.54, 1.807) is 0 Å². The van der Waals surface area contributed by atoms with Gasteiger partial charge >= 0.3 is 0 Å². The van der Waals surface area contributed by atoms with Crippen molar-refractivity contribution in [2.45, 2.75) is 64.5 Å². The summed E-state index contributed by atoms with van der Waals surface area (Å²) >= 11 is 0. The maximum atomic E-state index is 12.5. The maximum absolute atomic E-state index is 12.5. The van der Waals surface area contributed by atoms with Crippen molar-refractivity contribution in [3.8, 4) is 5.75 Å². The Balaban J connectivity index is 1.91. The zero-order valence-electron chi connectivity index (χ0n) is 13.5. The number of carbonyl (C=O) groups is 1. The van der Waals surface area contributed by atoms with E-state index in [1.165, 1.54) is 24.8 Å². The average molecular weight is 289 g/mol. The molecule has 1 unspecified atom stereocenters. The van der Waals surface area contributed by atoms with Gasteiger partial charge in [-0.25, -0.2) is 0 Å². The second-order valence-corrected chi connectivity index (χ2v) is 6.00. The Kier molecular flexibility index (Phi) is 5.66. The lowest BCUT2D eigenvalue weighted by molar-refractivity contribution is -0.139. The number of hydrogen-bond acceptors (Lipinski definition) is 2. The molecule has 0 N–H and O–H groups in total. The van der Waals surface area contributed by atoms with E-state index in [4.69, 9.17) is 4.74 Å². The van der Waals surface area contributed by atoms with Crippen LogP contribution in [0.3, 0.4) is 0 Å². The van der Waals surface area contributed by atoms with Crippen molar-refractivity contribution in [2.24, 2.45) is 0 Å². The van der Waals surface area contributed by atoms with Crippen molar-refractivity contribution < 1.29 is 9.53 Å². The van der Waals surface area contributed by atoms with Crippen molar-refractivity contribution in [1.29, 1.82) is 0 Å². The average Bonchev–Trinajstić information content (AvgIpc) is 2.55. The van der Waals surface area contributed by atoms with Gasteiger partial charge in [0.25, 0.3) is 5.91 Å². The highest BCUT2D eigenvalue weighted by atomic mass is 16.5. The number of likely N-dealkylation sites (N-methyl/N-ethyl adjacent to an activating group) is 1. The van der Waals surface area contributed by atoms with Gasteiger partial charge < -0.3 is 9.64 Å². The number of rotatable bonds is 5. The Bertz CT molecular complexity index is 449. The number of amides is 1. The molecule has 1 atom stereocenters. The highest BCUT2D eigenvalue weighted by molar-refractivity contribution is 5.81. The molecule has 3 heteroatoms. The van der Waals surface area contributed by atoms with Gasteiger partial charge in [0, 0.05) is 13.1 Å². The summed E-state index contributed by atoms with van der Waals surface area (Å²) < 4.78 is 5.80. The molecule has 0 radical (unpaired) electrons. The summed E-state index contributed by atoms with van der Waals surface area (Å²) in [5.74, 6) is 0.853. The fourth-order valence-electron chi connectivity index (χ4n) is 2.99. The first-order chi connectivity index (χ1) is 10.1. The predicted octanol–water partition coefficient (Wildman–Crippen LogP) is 3.81. The molecule has 0 bridgehead atoms. The summed E-state index contributed by atoms with van der Waals surface area (Å²) in [6.45, 7) is 3.97. The van der Waals surface area contributed by atoms with Crippen LogP contribution in [0.5, 0.6) is 5.75 Å². The van der Waals surface area contributed by atoms with Crippen LogP contribution in [0, 0.1) is 0 Å². The normalized spacial score (nSPS) is 17.3. The number of benzene rings is 1. The quantitative estimate of drug-likeness (QED) is 0.825. The molecule has 0 aromatic heterocycles. The second-order valence-electron chi connectivity index (χ2n) is 6.00. The summed E-state index contributed by atoms with van der Waals surface area (Å²) in [4.78, 5) is 14.4. The summed E-state index contributed by atoms with van der Waals surface area (Å²) in [5, 5.41) is 0. The number of carbonyl (C=O) groups excluding carboxylic acids is 1. The molecular weight excluding hydrogens is 262 g/mol. The molecule has 1 saturated carbocycles. The number of nitrogens with zero attached hydrogens (tertiary/aromatic N) is 1. The van der Waals surface area contributed by atoms with Crippen LogP contribution in [0.25, 0.3) is 0 Å². The Morgan fingerprint density at radius 3 is 2.43 bits per heavy atom. The van der Waals surface area contributed by atoms with Gasteiger partial charge in [0.2, 0.25) is 0 Å². The van der Waals surface area contributed by atoms with Crippen molar-refractivity contribution in [3.63, 3.8) is 0 Å². The molecule has 1 aliphatic carbocycles. The predicted molar refractivity (Wildman–Crippen MR) is 85.6 cm³/mol. The van der Waals surface area contributed by atoms with Crippen LogP contribution in [-0.2, 0) is 11.2 Å². The van der Waals surface area contributed by atoms with Gasteiger partial charge in [-0.05, 0) is 43.9 Å². The SMILES string of the molecule is CCc1ccc(OC(C)C(=O)N(C)C2CCCCC2)cc1. The third-order valence-corrected chi connectivity index (χ3v) is 4.46. The molecular formula is C18H27NO2. The summed E-state index contributed by atoms with van der Waals surface area (Å²) in [6, 6.07) is 8.39. The van der Waals surface area contributed by atoms with E-state index in [2.05, 4.69) is 19.1 Å². The second kappa shape index (κ2) is 7.48. The Morgan fingerprint density at radius 2 is 1.86 bits per heavy atom. The number of aryl methyl sites for hydroxylation is 1. The molecule has 0 saturated heterocycles. The monoisotopic (exact) mass is 289 g/mol. The van der Waals surface area contributed by atoms with Gasteiger partial charge in [-0.2, -0.15) is 0 Å². The first-order valence-electron chi connectivity index (χ1n) is 8.14. The minimum absolute atomic E-state index is 0.0847. The van der Waals surface area contributed by atoms with Crippen molar-refractivity contribution in [2.75, 3.05) is 7.05 Å². The molecule has 3 nitrogen and oxygen atoms in total. The van der Waals surface area contributed by atoms with E-state index in [9.17, 15) is 4.79 Å². The van der Waals surface area contributed by atoms with Crippen LogP contribution in [0.2, 0.25) is 0 Å². The summed E-state index contributed by atoms with van der Waals surface area (Å²) in [6.07, 6.45) is 6.60. The van der Waals surface area contributed by atoms with E-state index in [0.717, 1.165) is 25.0 Å². The lowest BCUT2D eigenvalue weighted by atomic mass is 9.94. The smallest absolute Gasteiger partial charge is 0.263 e. The van der Waals surface area contributed by atoms with Gasteiger partial charge in [0.05, 0.1) is 0 Å². The minimum atomic E-state index is -0.426.